The summed E-state index contributed by atoms with van der Waals surface area (Å²) >= 11 is 0. The second-order valence-electron chi connectivity index (χ2n) is 5.41. The van der Waals surface area contributed by atoms with Gasteiger partial charge in [0.1, 0.15) is 6.54 Å². The Balaban J connectivity index is 1.83. The molecule has 1 saturated heterocycles. The zero-order valence-corrected chi connectivity index (χ0v) is 12.1. The van der Waals surface area contributed by atoms with Gasteiger partial charge in [0.15, 0.2) is 5.65 Å². The van der Waals surface area contributed by atoms with Crippen molar-refractivity contribution in [3.05, 3.63) is 34.9 Å². The number of hydrogen-bond donors (Lipinski definition) is 0. The molecule has 21 heavy (non-hydrogen) atoms. The van der Waals surface area contributed by atoms with E-state index in [9.17, 15) is 9.59 Å². The summed E-state index contributed by atoms with van der Waals surface area (Å²) < 4.78 is 8.15. The lowest BCUT2D eigenvalue weighted by Gasteiger charge is -2.36. The van der Waals surface area contributed by atoms with Crippen molar-refractivity contribution in [2.75, 3.05) is 13.2 Å². The second-order valence-corrected chi connectivity index (χ2v) is 5.41. The predicted octanol–water partition coefficient (Wildman–Crippen LogP) is 0.132. The fraction of sp³-hybridized carbons (Fsp3) is 0.500. The zero-order chi connectivity index (χ0) is 15.0. The molecule has 3 heterocycles. The van der Waals surface area contributed by atoms with Crippen molar-refractivity contribution < 1.29 is 9.53 Å². The number of aromatic nitrogens is 3. The lowest BCUT2D eigenvalue weighted by Crippen LogP contribution is -2.51. The molecule has 1 fully saturated rings. The Labute approximate surface area is 121 Å². The molecular formula is C14H18N4O3. The van der Waals surface area contributed by atoms with Gasteiger partial charge in [-0.15, -0.1) is 5.10 Å². The smallest absolute Gasteiger partial charge is 0.350 e. The van der Waals surface area contributed by atoms with Gasteiger partial charge in [-0.25, -0.2) is 9.48 Å². The van der Waals surface area contributed by atoms with E-state index in [0.29, 0.717) is 18.8 Å². The summed E-state index contributed by atoms with van der Waals surface area (Å²) in [4.78, 5) is 26.3. The molecule has 2 aromatic heterocycles. The molecule has 0 unspecified atom stereocenters. The van der Waals surface area contributed by atoms with E-state index in [-0.39, 0.29) is 30.3 Å². The van der Waals surface area contributed by atoms with Gasteiger partial charge in [0.25, 0.3) is 0 Å². The Morgan fingerprint density at radius 1 is 1.43 bits per heavy atom. The van der Waals surface area contributed by atoms with Gasteiger partial charge in [0.05, 0.1) is 18.8 Å². The normalized spacial score (nSPS) is 22.7. The van der Waals surface area contributed by atoms with Crippen molar-refractivity contribution in [3.63, 3.8) is 0 Å². The molecule has 0 aliphatic carbocycles. The quantitative estimate of drug-likeness (QED) is 0.788. The topological polar surface area (TPSA) is 68.8 Å². The van der Waals surface area contributed by atoms with E-state index in [2.05, 4.69) is 5.10 Å². The summed E-state index contributed by atoms with van der Waals surface area (Å²) in [5.74, 6) is -0.108. The number of morpholine rings is 1. The number of rotatable bonds is 2. The van der Waals surface area contributed by atoms with Gasteiger partial charge in [0.2, 0.25) is 5.91 Å². The van der Waals surface area contributed by atoms with E-state index in [1.807, 2.05) is 13.8 Å². The molecular weight excluding hydrogens is 272 g/mol. The van der Waals surface area contributed by atoms with Gasteiger partial charge in [-0.2, -0.15) is 0 Å². The van der Waals surface area contributed by atoms with Crippen LogP contribution < -0.4 is 5.69 Å². The fourth-order valence-electron chi connectivity index (χ4n) is 2.54. The fourth-order valence-corrected chi connectivity index (χ4v) is 2.54. The summed E-state index contributed by atoms with van der Waals surface area (Å²) in [7, 11) is 0. The molecule has 1 amide bonds. The first-order valence-corrected chi connectivity index (χ1v) is 7.01. The highest BCUT2D eigenvalue weighted by molar-refractivity contribution is 5.76. The highest BCUT2D eigenvalue weighted by atomic mass is 16.5. The highest BCUT2D eigenvalue weighted by Crippen LogP contribution is 2.11. The third-order valence-corrected chi connectivity index (χ3v) is 3.70. The second kappa shape index (κ2) is 5.33. The van der Waals surface area contributed by atoms with Gasteiger partial charge in [0, 0.05) is 12.7 Å². The maximum Gasteiger partial charge on any atom is 0.350 e. The van der Waals surface area contributed by atoms with E-state index in [1.165, 1.54) is 9.08 Å². The number of carbonyl (C=O) groups is 1. The Morgan fingerprint density at radius 3 is 3.00 bits per heavy atom. The number of carbonyl (C=O) groups excluding carboxylic acids is 1. The largest absolute Gasteiger partial charge is 0.375 e. The van der Waals surface area contributed by atoms with Gasteiger partial charge in [-0.05, 0) is 26.0 Å². The first-order valence-electron chi connectivity index (χ1n) is 7.01. The molecule has 2 atom stereocenters. The standard InChI is InChI=1S/C14H18N4O3/c1-10-9-21-11(2)7-17(10)13(19)8-18-14(20)16-6-4-3-5-12(16)15-18/h3-6,10-11H,7-9H2,1-2H3/t10-,11+/m0/s1. The summed E-state index contributed by atoms with van der Waals surface area (Å²) in [6, 6.07) is 5.32. The lowest BCUT2D eigenvalue weighted by atomic mass is 10.2. The Morgan fingerprint density at radius 2 is 2.24 bits per heavy atom. The van der Waals surface area contributed by atoms with Crippen LogP contribution in [0.4, 0.5) is 0 Å². The van der Waals surface area contributed by atoms with Crippen LogP contribution in [0.15, 0.2) is 29.2 Å². The third-order valence-electron chi connectivity index (χ3n) is 3.70. The molecule has 0 bridgehead atoms. The maximum absolute atomic E-state index is 12.4. The molecule has 1 aliphatic heterocycles. The van der Waals surface area contributed by atoms with E-state index in [4.69, 9.17) is 4.74 Å². The average molecular weight is 290 g/mol. The molecule has 0 saturated carbocycles. The third kappa shape index (κ3) is 2.56. The molecule has 0 aromatic carbocycles. The van der Waals surface area contributed by atoms with Gasteiger partial charge in [-0.3, -0.25) is 9.20 Å². The Kier molecular flexibility index (Phi) is 3.50. The number of hydrogen-bond acceptors (Lipinski definition) is 4. The van der Waals surface area contributed by atoms with Crippen LogP contribution in [0.25, 0.3) is 5.65 Å². The Hall–Kier alpha value is -2.15. The van der Waals surface area contributed by atoms with Crippen LogP contribution in [0.1, 0.15) is 13.8 Å². The van der Waals surface area contributed by atoms with Crippen LogP contribution in [-0.4, -0.2) is 50.3 Å². The van der Waals surface area contributed by atoms with Crippen LogP contribution in [0, 0.1) is 0 Å². The number of nitrogens with zero attached hydrogens (tertiary/aromatic N) is 4. The van der Waals surface area contributed by atoms with Crippen molar-refractivity contribution in [1.29, 1.82) is 0 Å². The van der Waals surface area contributed by atoms with Gasteiger partial charge >= 0.3 is 5.69 Å². The van der Waals surface area contributed by atoms with E-state index < -0.39 is 0 Å². The van der Waals surface area contributed by atoms with Crippen LogP contribution in [-0.2, 0) is 16.1 Å². The predicted molar refractivity (Wildman–Crippen MR) is 76.0 cm³/mol. The summed E-state index contributed by atoms with van der Waals surface area (Å²) in [6.07, 6.45) is 1.66. The first kappa shape index (κ1) is 13.8. The molecule has 2 aromatic rings. The monoisotopic (exact) mass is 290 g/mol. The summed E-state index contributed by atoms with van der Waals surface area (Å²) in [6.45, 7) is 4.89. The van der Waals surface area contributed by atoms with Crippen molar-refractivity contribution in [1.82, 2.24) is 19.1 Å². The minimum Gasteiger partial charge on any atom is -0.375 e. The van der Waals surface area contributed by atoms with Gasteiger partial charge < -0.3 is 9.64 Å². The zero-order valence-electron chi connectivity index (χ0n) is 12.1. The maximum atomic E-state index is 12.4. The van der Waals surface area contributed by atoms with Crippen LogP contribution in [0.3, 0.4) is 0 Å². The summed E-state index contributed by atoms with van der Waals surface area (Å²) in [5, 5.41) is 4.18. The lowest BCUT2D eigenvalue weighted by molar-refractivity contribution is -0.144. The van der Waals surface area contributed by atoms with E-state index in [1.54, 1.807) is 29.3 Å². The van der Waals surface area contributed by atoms with Gasteiger partial charge in [-0.1, -0.05) is 6.07 Å². The van der Waals surface area contributed by atoms with Crippen LogP contribution in [0.5, 0.6) is 0 Å². The number of amides is 1. The van der Waals surface area contributed by atoms with Crippen LogP contribution >= 0.6 is 0 Å². The SMILES string of the molecule is C[C@@H]1CN(C(=O)Cn2nc3ccccn3c2=O)[C@@H](C)CO1. The van der Waals surface area contributed by atoms with Crippen molar-refractivity contribution in [2.45, 2.75) is 32.5 Å². The van der Waals surface area contributed by atoms with E-state index >= 15 is 0 Å². The Bertz CT molecular complexity index is 720. The molecule has 1 aliphatic rings. The molecule has 0 radical (unpaired) electrons. The molecule has 0 spiro atoms. The average Bonchev–Trinajstić information content (AvgIpc) is 2.78. The number of ether oxygens (including phenoxy) is 1. The minimum absolute atomic E-state index is 0.0152. The highest BCUT2D eigenvalue weighted by Gasteiger charge is 2.28. The molecule has 0 N–H and O–H groups in total. The van der Waals surface area contributed by atoms with Crippen molar-refractivity contribution in [3.8, 4) is 0 Å². The van der Waals surface area contributed by atoms with Crippen molar-refractivity contribution in [2.24, 2.45) is 0 Å². The number of fused-ring (bicyclic) bond motifs is 1. The molecule has 3 rings (SSSR count). The van der Waals surface area contributed by atoms with Crippen molar-refractivity contribution >= 4 is 11.6 Å². The molecule has 7 nitrogen and oxygen atoms in total. The molecule has 112 valence electrons. The van der Waals surface area contributed by atoms with E-state index in [0.717, 1.165) is 0 Å². The minimum atomic E-state index is -0.298. The first-order chi connectivity index (χ1) is 10.1. The number of pyridine rings is 1. The molecule has 7 heteroatoms. The summed E-state index contributed by atoms with van der Waals surface area (Å²) in [5.41, 5.74) is 0.242. The van der Waals surface area contributed by atoms with Crippen LogP contribution in [0.2, 0.25) is 0 Å².